The summed E-state index contributed by atoms with van der Waals surface area (Å²) in [6.45, 7) is 4.04. The number of thioether (sulfide) groups is 1. The minimum atomic E-state index is 0.855. The average molecular weight is 158 g/mol. The highest BCUT2D eigenvalue weighted by molar-refractivity contribution is 8.03. The molecule has 10 heavy (non-hydrogen) atoms. The molecule has 0 saturated carbocycles. The van der Waals surface area contributed by atoms with E-state index in [4.69, 9.17) is 0 Å². The van der Waals surface area contributed by atoms with Gasteiger partial charge in [-0.3, -0.25) is 4.79 Å². The molecule has 0 radical (unpaired) electrons. The summed E-state index contributed by atoms with van der Waals surface area (Å²) in [5.74, 6) is 1.06. The van der Waals surface area contributed by atoms with Crippen molar-refractivity contribution in [3.8, 4) is 0 Å². The molecule has 0 heterocycles. The van der Waals surface area contributed by atoms with Gasteiger partial charge in [-0.25, -0.2) is 0 Å². The summed E-state index contributed by atoms with van der Waals surface area (Å²) in [6.07, 6.45) is 5.16. The molecule has 0 atom stereocenters. The van der Waals surface area contributed by atoms with Gasteiger partial charge in [-0.05, 0) is 19.1 Å². The minimum Gasteiger partial charge on any atom is -0.297 e. The maximum absolute atomic E-state index is 10.2. The van der Waals surface area contributed by atoms with Gasteiger partial charge >= 0.3 is 0 Å². The van der Waals surface area contributed by atoms with E-state index >= 15 is 0 Å². The molecule has 0 aliphatic carbocycles. The summed E-state index contributed by atoms with van der Waals surface area (Å²) in [4.78, 5) is 11.1. The number of hydrogen-bond acceptors (Lipinski definition) is 2. The first-order valence-corrected chi connectivity index (χ1v) is 4.58. The number of allylic oxidation sites excluding steroid dienone is 2. The fourth-order valence-corrected chi connectivity index (χ4v) is 1.42. The number of carbonyl (C=O) groups excluding carboxylic acids is 1. The third-order valence-electron chi connectivity index (χ3n) is 1.17. The van der Waals surface area contributed by atoms with E-state index in [2.05, 4.69) is 6.92 Å². The van der Waals surface area contributed by atoms with E-state index in [9.17, 15) is 4.79 Å². The SMILES string of the molecule is CC=C(C=O)SCCCC. The lowest BCUT2D eigenvalue weighted by Gasteiger charge is -1.95. The lowest BCUT2D eigenvalue weighted by molar-refractivity contribution is -0.104. The molecule has 1 nitrogen and oxygen atoms in total. The molecule has 0 aromatic rings. The predicted octanol–water partition coefficient (Wildman–Crippen LogP) is 2.62. The number of unbranched alkanes of at least 4 members (excludes halogenated alkanes) is 1. The molecule has 0 aliphatic heterocycles. The molecule has 0 unspecified atom stereocenters. The van der Waals surface area contributed by atoms with Gasteiger partial charge in [-0.15, -0.1) is 11.8 Å². The Labute approximate surface area is 66.9 Å². The number of carbonyl (C=O) groups is 1. The van der Waals surface area contributed by atoms with Gasteiger partial charge in [-0.2, -0.15) is 0 Å². The summed E-state index contributed by atoms with van der Waals surface area (Å²) in [5.41, 5.74) is 0. The Hall–Kier alpha value is -0.240. The molecule has 0 amide bonds. The quantitative estimate of drug-likeness (QED) is 0.347. The van der Waals surface area contributed by atoms with Crippen LogP contribution in [0.15, 0.2) is 11.0 Å². The lowest BCUT2D eigenvalue weighted by atomic mass is 10.4. The highest BCUT2D eigenvalue weighted by Gasteiger charge is 1.92. The largest absolute Gasteiger partial charge is 0.297 e. The van der Waals surface area contributed by atoms with E-state index < -0.39 is 0 Å². The molecular weight excluding hydrogens is 144 g/mol. The van der Waals surface area contributed by atoms with E-state index in [1.54, 1.807) is 11.8 Å². The summed E-state index contributed by atoms with van der Waals surface area (Å²) in [6, 6.07) is 0. The fraction of sp³-hybridized carbons (Fsp3) is 0.625. The zero-order valence-corrected chi connectivity index (χ0v) is 7.41. The first-order chi connectivity index (χ1) is 4.85. The third-order valence-corrected chi connectivity index (χ3v) is 2.33. The Morgan fingerprint density at radius 2 is 2.30 bits per heavy atom. The van der Waals surface area contributed by atoms with Crippen molar-refractivity contribution in [1.82, 2.24) is 0 Å². The topological polar surface area (TPSA) is 17.1 Å². The Kier molecular flexibility index (Phi) is 6.71. The number of aldehydes is 1. The van der Waals surface area contributed by atoms with Crippen molar-refractivity contribution >= 4 is 18.0 Å². The van der Waals surface area contributed by atoms with Crippen molar-refractivity contribution in [2.45, 2.75) is 26.7 Å². The van der Waals surface area contributed by atoms with Crippen LogP contribution in [0.3, 0.4) is 0 Å². The van der Waals surface area contributed by atoms with Crippen LogP contribution in [0.2, 0.25) is 0 Å². The Morgan fingerprint density at radius 1 is 1.60 bits per heavy atom. The molecule has 2 heteroatoms. The van der Waals surface area contributed by atoms with Gasteiger partial charge in [0, 0.05) is 4.91 Å². The van der Waals surface area contributed by atoms with Crippen LogP contribution in [0.25, 0.3) is 0 Å². The molecule has 0 aromatic heterocycles. The third kappa shape index (κ3) is 4.62. The van der Waals surface area contributed by atoms with Crippen molar-refractivity contribution in [3.63, 3.8) is 0 Å². The molecule has 0 rings (SSSR count). The van der Waals surface area contributed by atoms with Crippen LogP contribution < -0.4 is 0 Å². The summed E-state index contributed by atoms with van der Waals surface area (Å²) < 4.78 is 0. The van der Waals surface area contributed by atoms with Crippen molar-refractivity contribution in [2.75, 3.05) is 5.75 Å². The second-order valence-electron chi connectivity index (χ2n) is 2.01. The summed E-state index contributed by atoms with van der Waals surface area (Å²) >= 11 is 1.64. The second-order valence-corrected chi connectivity index (χ2v) is 3.18. The van der Waals surface area contributed by atoms with Crippen LogP contribution in [0.4, 0.5) is 0 Å². The molecule has 0 bridgehead atoms. The second kappa shape index (κ2) is 6.87. The molecule has 0 aromatic carbocycles. The molecule has 0 saturated heterocycles. The van der Waals surface area contributed by atoms with Crippen LogP contribution in [0.5, 0.6) is 0 Å². The molecule has 0 aliphatic rings. The standard InChI is InChI=1S/C8H14OS/c1-3-5-6-10-8(4-2)7-9/h4,7H,3,5-6H2,1-2H3. The molecule has 0 spiro atoms. The van der Waals surface area contributed by atoms with E-state index in [1.807, 2.05) is 13.0 Å². The van der Waals surface area contributed by atoms with Gasteiger partial charge in [-0.1, -0.05) is 19.4 Å². The van der Waals surface area contributed by atoms with E-state index in [1.165, 1.54) is 12.8 Å². The van der Waals surface area contributed by atoms with Gasteiger partial charge in [0.15, 0.2) is 6.29 Å². The van der Waals surface area contributed by atoms with E-state index in [0.717, 1.165) is 16.9 Å². The zero-order chi connectivity index (χ0) is 7.82. The molecular formula is C8H14OS. The van der Waals surface area contributed by atoms with Gasteiger partial charge in [0.1, 0.15) is 0 Å². The van der Waals surface area contributed by atoms with Crippen LogP contribution in [0, 0.1) is 0 Å². The maximum Gasteiger partial charge on any atom is 0.156 e. The van der Waals surface area contributed by atoms with Crippen molar-refractivity contribution in [1.29, 1.82) is 0 Å². The molecule has 58 valence electrons. The first kappa shape index (κ1) is 9.76. The van der Waals surface area contributed by atoms with Crippen molar-refractivity contribution in [3.05, 3.63) is 11.0 Å². The van der Waals surface area contributed by atoms with Gasteiger partial charge < -0.3 is 0 Å². The van der Waals surface area contributed by atoms with Gasteiger partial charge in [0.25, 0.3) is 0 Å². The predicted molar refractivity (Wildman–Crippen MR) is 47.2 cm³/mol. The normalized spacial score (nSPS) is 11.6. The minimum absolute atomic E-state index is 0.855. The van der Waals surface area contributed by atoms with Crippen LogP contribution >= 0.6 is 11.8 Å². The van der Waals surface area contributed by atoms with E-state index in [0.29, 0.717) is 0 Å². The average Bonchev–Trinajstić information content (AvgIpc) is 1.99. The monoisotopic (exact) mass is 158 g/mol. The Morgan fingerprint density at radius 3 is 2.70 bits per heavy atom. The van der Waals surface area contributed by atoms with Crippen LogP contribution in [-0.2, 0) is 4.79 Å². The first-order valence-electron chi connectivity index (χ1n) is 3.59. The van der Waals surface area contributed by atoms with Gasteiger partial charge in [0.2, 0.25) is 0 Å². The van der Waals surface area contributed by atoms with Crippen LogP contribution in [-0.4, -0.2) is 12.0 Å². The Balaban J connectivity index is 3.36. The number of hydrogen-bond donors (Lipinski definition) is 0. The smallest absolute Gasteiger partial charge is 0.156 e. The summed E-state index contributed by atoms with van der Waals surface area (Å²) in [7, 11) is 0. The lowest BCUT2D eigenvalue weighted by Crippen LogP contribution is -1.81. The van der Waals surface area contributed by atoms with Crippen molar-refractivity contribution in [2.24, 2.45) is 0 Å². The molecule has 0 N–H and O–H groups in total. The highest BCUT2D eigenvalue weighted by atomic mass is 32.2. The van der Waals surface area contributed by atoms with Crippen LogP contribution in [0.1, 0.15) is 26.7 Å². The van der Waals surface area contributed by atoms with Crippen molar-refractivity contribution < 1.29 is 4.79 Å². The zero-order valence-electron chi connectivity index (χ0n) is 6.59. The fourth-order valence-electron chi connectivity index (χ4n) is 0.520. The van der Waals surface area contributed by atoms with Gasteiger partial charge in [0.05, 0.1) is 0 Å². The highest BCUT2D eigenvalue weighted by Crippen LogP contribution is 2.14. The van der Waals surface area contributed by atoms with E-state index in [-0.39, 0.29) is 0 Å². The summed E-state index contributed by atoms with van der Waals surface area (Å²) in [5, 5.41) is 0. The Bertz CT molecular complexity index is 118. The molecule has 0 fully saturated rings. The number of rotatable bonds is 5. The maximum atomic E-state index is 10.2.